The van der Waals surface area contributed by atoms with E-state index in [1.165, 1.54) is 28.4 Å². The van der Waals surface area contributed by atoms with Gasteiger partial charge in [0, 0.05) is 18.1 Å². The third-order valence-corrected chi connectivity index (χ3v) is 4.15. The van der Waals surface area contributed by atoms with Crippen molar-refractivity contribution in [3.05, 3.63) is 34.7 Å². The molecule has 1 fully saturated rings. The third kappa shape index (κ3) is 2.93. The Morgan fingerprint density at radius 3 is 3.00 bits per heavy atom. The molecule has 0 aromatic carbocycles. The topological polar surface area (TPSA) is 75.4 Å². The number of carbonyl (C=O) groups is 2. The summed E-state index contributed by atoms with van der Waals surface area (Å²) < 4.78 is 5.12. The molecule has 1 unspecified atom stereocenters. The van der Waals surface area contributed by atoms with Crippen LogP contribution in [0.25, 0.3) is 0 Å². The van der Waals surface area contributed by atoms with Gasteiger partial charge in [0.2, 0.25) is 5.91 Å². The number of amides is 2. The second-order valence-corrected chi connectivity index (χ2v) is 5.85. The van der Waals surface area contributed by atoms with Gasteiger partial charge in [0.1, 0.15) is 6.04 Å². The molecule has 1 saturated heterocycles. The molecular formula is C13H12ClN3O3S. The van der Waals surface area contributed by atoms with E-state index in [9.17, 15) is 9.59 Å². The van der Waals surface area contributed by atoms with Crippen molar-refractivity contribution < 1.29 is 14.0 Å². The second kappa shape index (κ2) is 5.87. The average molecular weight is 326 g/mol. The Kier molecular flexibility index (Phi) is 3.94. The molecule has 1 aliphatic rings. The first kappa shape index (κ1) is 14.1. The largest absolute Gasteiger partial charge is 0.440 e. The Balaban J connectivity index is 1.73. The maximum atomic E-state index is 12.4. The number of aromatic nitrogens is 1. The Labute approximate surface area is 129 Å². The second-order valence-electron chi connectivity index (χ2n) is 4.59. The molecule has 0 bridgehead atoms. The van der Waals surface area contributed by atoms with E-state index in [1.54, 1.807) is 11.6 Å². The molecule has 0 saturated carbocycles. The molecule has 1 atom stereocenters. The molecule has 3 heterocycles. The van der Waals surface area contributed by atoms with Gasteiger partial charge in [-0.3, -0.25) is 9.59 Å². The Hall–Kier alpha value is -1.86. The Morgan fingerprint density at radius 1 is 1.48 bits per heavy atom. The number of furan rings is 1. The zero-order valence-corrected chi connectivity index (χ0v) is 12.5. The van der Waals surface area contributed by atoms with E-state index in [1.807, 2.05) is 0 Å². The number of thiazole rings is 1. The van der Waals surface area contributed by atoms with Crippen molar-refractivity contribution in [3.63, 3.8) is 0 Å². The summed E-state index contributed by atoms with van der Waals surface area (Å²) in [5, 5.41) is 5.18. The van der Waals surface area contributed by atoms with E-state index < -0.39 is 6.04 Å². The third-order valence-electron chi connectivity index (χ3n) is 3.26. The predicted molar refractivity (Wildman–Crippen MR) is 78.5 cm³/mol. The smallest absolute Gasteiger partial charge is 0.290 e. The minimum Gasteiger partial charge on any atom is -0.440 e. The van der Waals surface area contributed by atoms with Crippen LogP contribution in [-0.2, 0) is 4.79 Å². The highest BCUT2D eigenvalue weighted by molar-refractivity contribution is 7.13. The van der Waals surface area contributed by atoms with Crippen molar-refractivity contribution >= 4 is 39.9 Å². The minimum absolute atomic E-state index is 0.147. The molecule has 1 aliphatic heterocycles. The van der Waals surface area contributed by atoms with Crippen molar-refractivity contribution in [2.24, 2.45) is 0 Å². The monoisotopic (exact) mass is 325 g/mol. The van der Waals surface area contributed by atoms with E-state index in [4.69, 9.17) is 16.0 Å². The van der Waals surface area contributed by atoms with E-state index in [0.717, 1.165) is 6.42 Å². The molecule has 0 aliphatic carbocycles. The summed E-state index contributed by atoms with van der Waals surface area (Å²) in [6, 6.07) is 2.51. The van der Waals surface area contributed by atoms with Crippen molar-refractivity contribution in [1.82, 2.24) is 9.88 Å². The van der Waals surface area contributed by atoms with Gasteiger partial charge in [-0.05, 0) is 36.6 Å². The summed E-state index contributed by atoms with van der Waals surface area (Å²) in [4.78, 5) is 30.1. The molecule has 0 radical (unpaired) electrons. The van der Waals surface area contributed by atoms with Crippen LogP contribution in [0, 0.1) is 0 Å². The number of halogens is 1. The van der Waals surface area contributed by atoms with Crippen molar-refractivity contribution in [3.8, 4) is 0 Å². The SMILES string of the molecule is O=C(Nc1nccs1)C1CCCN1C(=O)c1ccc(Cl)o1. The number of carbonyl (C=O) groups excluding carboxylic acids is 2. The maximum Gasteiger partial charge on any atom is 0.290 e. The van der Waals surface area contributed by atoms with E-state index in [2.05, 4.69) is 10.3 Å². The minimum atomic E-state index is -0.509. The first-order chi connectivity index (χ1) is 10.1. The van der Waals surface area contributed by atoms with Gasteiger partial charge in [-0.15, -0.1) is 11.3 Å². The highest BCUT2D eigenvalue weighted by Crippen LogP contribution is 2.24. The van der Waals surface area contributed by atoms with Crippen LogP contribution in [0.1, 0.15) is 23.4 Å². The van der Waals surface area contributed by atoms with Crippen LogP contribution < -0.4 is 5.32 Å². The molecule has 6 nitrogen and oxygen atoms in total. The zero-order valence-electron chi connectivity index (χ0n) is 10.9. The standard InChI is InChI=1S/C13H12ClN3O3S/c14-10-4-3-9(20-10)12(19)17-6-1-2-8(17)11(18)16-13-15-5-7-21-13/h3-5,7-8H,1-2,6H2,(H,15,16,18). The first-order valence-electron chi connectivity index (χ1n) is 6.42. The fourth-order valence-corrected chi connectivity index (χ4v) is 3.00. The summed E-state index contributed by atoms with van der Waals surface area (Å²) in [5.41, 5.74) is 0. The number of hydrogen-bond donors (Lipinski definition) is 1. The van der Waals surface area contributed by atoms with Crippen LogP contribution in [0.4, 0.5) is 5.13 Å². The van der Waals surface area contributed by atoms with Crippen LogP contribution in [0.2, 0.25) is 5.22 Å². The summed E-state index contributed by atoms with van der Waals surface area (Å²) in [6.45, 7) is 0.521. The van der Waals surface area contributed by atoms with Gasteiger partial charge in [0.05, 0.1) is 0 Å². The molecule has 2 aromatic rings. The lowest BCUT2D eigenvalue weighted by Crippen LogP contribution is -2.43. The Bertz CT molecular complexity index is 655. The summed E-state index contributed by atoms with van der Waals surface area (Å²) >= 11 is 7.02. The van der Waals surface area contributed by atoms with Crippen molar-refractivity contribution in [2.45, 2.75) is 18.9 Å². The van der Waals surface area contributed by atoms with Crippen LogP contribution in [0.5, 0.6) is 0 Å². The predicted octanol–water partition coefficient (Wildman–Crippen LogP) is 2.63. The fourth-order valence-electron chi connectivity index (χ4n) is 2.33. The number of nitrogens with one attached hydrogen (secondary N) is 1. The van der Waals surface area contributed by atoms with Crippen LogP contribution >= 0.6 is 22.9 Å². The van der Waals surface area contributed by atoms with Crippen LogP contribution in [-0.4, -0.2) is 34.3 Å². The molecule has 2 aromatic heterocycles. The number of rotatable bonds is 3. The average Bonchev–Trinajstić information content (AvgIpc) is 3.18. The van der Waals surface area contributed by atoms with Gasteiger partial charge in [0.15, 0.2) is 16.1 Å². The van der Waals surface area contributed by atoms with Gasteiger partial charge in [0.25, 0.3) is 5.91 Å². The van der Waals surface area contributed by atoms with Crippen molar-refractivity contribution in [1.29, 1.82) is 0 Å². The van der Waals surface area contributed by atoms with Gasteiger partial charge in [-0.2, -0.15) is 0 Å². The lowest BCUT2D eigenvalue weighted by molar-refractivity contribution is -0.119. The normalized spacial score (nSPS) is 18.0. The van der Waals surface area contributed by atoms with Crippen molar-refractivity contribution in [2.75, 3.05) is 11.9 Å². The number of anilines is 1. The summed E-state index contributed by atoms with van der Waals surface area (Å²) in [7, 11) is 0. The molecule has 2 amide bonds. The van der Waals surface area contributed by atoms with Gasteiger partial charge in [-0.25, -0.2) is 4.98 Å². The Morgan fingerprint density at radius 2 is 2.33 bits per heavy atom. The van der Waals surface area contributed by atoms with Gasteiger partial charge < -0.3 is 14.6 Å². The molecule has 21 heavy (non-hydrogen) atoms. The zero-order chi connectivity index (χ0) is 14.8. The lowest BCUT2D eigenvalue weighted by Gasteiger charge is -2.22. The molecular weight excluding hydrogens is 314 g/mol. The van der Waals surface area contributed by atoms with Gasteiger partial charge in [-0.1, -0.05) is 0 Å². The summed E-state index contributed by atoms with van der Waals surface area (Å²) in [5.74, 6) is -0.402. The number of nitrogens with zero attached hydrogens (tertiary/aromatic N) is 2. The molecule has 110 valence electrons. The maximum absolute atomic E-state index is 12.4. The highest BCUT2D eigenvalue weighted by atomic mass is 35.5. The first-order valence-corrected chi connectivity index (χ1v) is 7.67. The lowest BCUT2D eigenvalue weighted by atomic mass is 10.2. The van der Waals surface area contributed by atoms with Crippen LogP contribution in [0.15, 0.2) is 28.1 Å². The van der Waals surface area contributed by atoms with E-state index in [0.29, 0.717) is 18.1 Å². The molecule has 0 spiro atoms. The number of hydrogen-bond acceptors (Lipinski definition) is 5. The summed E-state index contributed by atoms with van der Waals surface area (Å²) in [6.07, 6.45) is 3.01. The fraction of sp³-hybridized carbons (Fsp3) is 0.308. The quantitative estimate of drug-likeness (QED) is 0.941. The van der Waals surface area contributed by atoms with Gasteiger partial charge >= 0.3 is 0 Å². The van der Waals surface area contributed by atoms with E-state index >= 15 is 0 Å². The number of likely N-dealkylation sites (tertiary alicyclic amines) is 1. The molecule has 8 heteroatoms. The molecule has 1 N–H and O–H groups in total. The van der Waals surface area contributed by atoms with E-state index in [-0.39, 0.29) is 22.8 Å². The molecule has 3 rings (SSSR count). The highest BCUT2D eigenvalue weighted by Gasteiger charge is 2.35. The van der Waals surface area contributed by atoms with Crippen LogP contribution in [0.3, 0.4) is 0 Å².